The third kappa shape index (κ3) is 8.01. The lowest BCUT2D eigenvalue weighted by atomic mass is 9.73. The van der Waals surface area contributed by atoms with Crippen molar-refractivity contribution in [2.75, 3.05) is 31.5 Å². The van der Waals surface area contributed by atoms with Gasteiger partial charge in [0.15, 0.2) is 0 Å². The van der Waals surface area contributed by atoms with Gasteiger partial charge in [0.2, 0.25) is 10.0 Å². The van der Waals surface area contributed by atoms with Gasteiger partial charge in [0.05, 0.1) is 11.0 Å². The second-order valence-corrected chi connectivity index (χ2v) is 11.9. The van der Waals surface area contributed by atoms with E-state index < -0.39 is 22.2 Å². The number of carbonyl (C=O) groups is 1. The third-order valence-electron chi connectivity index (χ3n) is 7.06. The van der Waals surface area contributed by atoms with Crippen molar-refractivity contribution in [3.05, 3.63) is 30.6 Å². The van der Waals surface area contributed by atoms with E-state index >= 15 is 0 Å². The van der Waals surface area contributed by atoms with Gasteiger partial charge in [0, 0.05) is 61.1 Å². The molecule has 13 heteroatoms. The molecule has 0 amide bonds. The van der Waals surface area contributed by atoms with Crippen LogP contribution in [0.1, 0.15) is 39.5 Å². The van der Waals surface area contributed by atoms with Crippen LogP contribution < -0.4 is 10.0 Å². The first-order valence-electron chi connectivity index (χ1n) is 12.6. The van der Waals surface area contributed by atoms with Crippen LogP contribution in [0.5, 0.6) is 0 Å². The summed E-state index contributed by atoms with van der Waals surface area (Å²) in [5.41, 5.74) is 0.945. The lowest BCUT2D eigenvalue weighted by Crippen LogP contribution is -2.40. The Bertz CT molecular complexity index is 1200. The molecular weight excluding hydrogens is 525 g/mol. The number of pyridine rings is 1. The topological polar surface area (TPSA) is 132 Å². The highest BCUT2D eigenvalue weighted by molar-refractivity contribution is 7.89. The van der Waals surface area contributed by atoms with Gasteiger partial charge in [-0.3, -0.25) is 4.98 Å². The minimum absolute atomic E-state index is 0.226. The van der Waals surface area contributed by atoms with Gasteiger partial charge >= 0.3 is 12.1 Å². The highest BCUT2D eigenvalue weighted by Crippen LogP contribution is 2.37. The molecule has 0 spiro atoms. The number of sulfonamides is 1. The van der Waals surface area contributed by atoms with Crippen molar-refractivity contribution in [2.24, 2.45) is 11.8 Å². The number of benzene rings is 1. The molecule has 4 rings (SSSR count). The van der Waals surface area contributed by atoms with Gasteiger partial charge < -0.3 is 20.4 Å². The number of nitrogens with one attached hydrogen (secondary N) is 2. The molecule has 4 N–H and O–H groups in total. The lowest BCUT2D eigenvalue weighted by molar-refractivity contribution is -0.192. The molecule has 0 atom stereocenters. The summed E-state index contributed by atoms with van der Waals surface area (Å²) in [5.74, 6) is -1.30. The number of nitrogens with zero attached hydrogens (tertiary/aromatic N) is 2. The highest BCUT2D eigenvalue weighted by atomic mass is 32.2. The predicted octanol–water partition coefficient (Wildman–Crippen LogP) is 3.45. The van der Waals surface area contributed by atoms with Crippen molar-refractivity contribution in [3.63, 3.8) is 0 Å². The van der Waals surface area contributed by atoms with Crippen LogP contribution >= 0.6 is 0 Å². The molecule has 1 aromatic carbocycles. The summed E-state index contributed by atoms with van der Waals surface area (Å²) in [6.07, 6.45) is 1.87. The summed E-state index contributed by atoms with van der Waals surface area (Å²) >= 11 is 0. The Morgan fingerprint density at radius 3 is 2.37 bits per heavy atom. The molecule has 38 heavy (non-hydrogen) atoms. The highest BCUT2D eigenvalue weighted by Gasteiger charge is 2.38. The molecule has 0 bridgehead atoms. The van der Waals surface area contributed by atoms with Gasteiger partial charge in [-0.25, -0.2) is 17.9 Å². The van der Waals surface area contributed by atoms with E-state index in [1.165, 1.54) is 0 Å². The Labute approximate surface area is 220 Å². The quantitative estimate of drug-likeness (QED) is 0.386. The van der Waals surface area contributed by atoms with E-state index in [1.807, 2.05) is 6.07 Å². The predicted molar refractivity (Wildman–Crippen MR) is 137 cm³/mol. The fourth-order valence-electron chi connectivity index (χ4n) is 4.63. The minimum Gasteiger partial charge on any atom is -0.475 e. The molecule has 2 aromatic rings. The van der Waals surface area contributed by atoms with Crippen LogP contribution in [0.4, 0.5) is 18.9 Å². The third-order valence-corrected chi connectivity index (χ3v) is 8.58. The number of aliphatic carboxylic acids is 1. The number of aliphatic hydroxyl groups excluding tert-OH is 1. The number of piperidine rings is 1. The van der Waals surface area contributed by atoms with E-state index in [1.54, 1.807) is 24.5 Å². The second kappa shape index (κ2) is 12.6. The largest absolute Gasteiger partial charge is 0.490 e. The van der Waals surface area contributed by atoms with E-state index in [0.29, 0.717) is 30.4 Å². The SMILES string of the molecule is CC(C)C1CC(Nc2ccc(S(=O)(=O)NCCN3CCC(O)CC3)c3ccncc23)C1.O=C(O)C(F)(F)F. The van der Waals surface area contributed by atoms with Crippen molar-refractivity contribution < 1.29 is 36.6 Å². The summed E-state index contributed by atoms with van der Waals surface area (Å²) in [6.45, 7) is 7.13. The first-order valence-corrected chi connectivity index (χ1v) is 14.1. The zero-order chi connectivity index (χ0) is 28.1. The summed E-state index contributed by atoms with van der Waals surface area (Å²) in [5, 5.41) is 21.9. The Hall–Kier alpha value is -2.48. The van der Waals surface area contributed by atoms with Crippen molar-refractivity contribution in [3.8, 4) is 0 Å². The molecule has 0 unspecified atom stereocenters. The monoisotopic (exact) mass is 560 g/mol. The summed E-state index contributed by atoms with van der Waals surface area (Å²) in [6, 6.07) is 5.77. The molecule has 212 valence electrons. The number of aromatic nitrogens is 1. The smallest absolute Gasteiger partial charge is 0.475 e. The number of fused-ring (bicyclic) bond motifs is 1. The minimum atomic E-state index is -5.08. The number of rotatable bonds is 8. The number of aliphatic hydroxyl groups is 1. The fourth-order valence-corrected chi connectivity index (χ4v) is 5.86. The van der Waals surface area contributed by atoms with E-state index in [-0.39, 0.29) is 11.0 Å². The lowest BCUT2D eigenvalue weighted by Gasteiger charge is -2.39. The summed E-state index contributed by atoms with van der Waals surface area (Å²) in [4.78, 5) is 15.6. The molecule has 1 aromatic heterocycles. The normalized spacial score (nSPS) is 21.0. The maximum Gasteiger partial charge on any atom is 0.490 e. The van der Waals surface area contributed by atoms with Crippen LogP contribution in [0.2, 0.25) is 0 Å². The molecule has 1 saturated heterocycles. The van der Waals surface area contributed by atoms with E-state index in [9.17, 15) is 26.7 Å². The number of anilines is 1. The number of likely N-dealkylation sites (tertiary alicyclic amines) is 1. The van der Waals surface area contributed by atoms with Crippen LogP contribution in [-0.2, 0) is 14.8 Å². The van der Waals surface area contributed by atoms with Crippen molar-refractivity contribution >= 4 is 32.5 Å². The molecule has 1 saturated carbocycles. The molecule has 2 fully saturated rings. The molecule has 2 heterocycles. The van der Waals surface area contributed by atoms with Crippen molar-refractivity contribution in [1.29, 1.82) is 0 Å². The first-order chi connectivity index (χ1) is 17.8. The molecule has 1 aliphatic heterocycles. The first kappa shape index (κ1) is 30.1. The molecule has 0 radical (unpaired) electrons. The number of alkyl halides is 3. The average molecular weight is 561 g/mol. The van der Waals surface area contributed by atoms with Gasteiger partial charge in [-0.2, -0.15) is 13.2 Å². The van der Waals surface area contributed by atoms with Gasteiger partial charge in [-0.1, -0.05) is 13.8 Å². The Morgan fingerprint density at radius 1 is 1.16 bits per heavy atom. The van der Waals surface area contributed by atoms with Gasteiger partial charge in [0.1, 0.15) is 0 Å². The number of hydrogen-bond acceptors (Lipinski definition) is 7. The van der Waals surface area contributed by atoms with Crippen LogP contribution in [-0.4, -0.2) is 79.0 Å². The molecule has 1 aliphatic carbocycles. The Balaban J connectivity index is 0.000000505. The van der Waals surface area contributed by atoms with Crippen LogP contribution in [0.3, 0.4) is 0 Å². The van der Waals surface area contributed by atoms with E-state index in [2.05, 4.69) is 33.8 Å². The maximum atomic E-state index is 13.0. The van der Waals surface area contributed by atoms with Crippen LogP contribution in [0, 0.1) is 11.8 Å². The number of carboxylic acid groups (broad SMARTS) is 1. The number of halogens is 3. The zero-order valence-electron chi connectivity index (χ0n) is 21.4. The maximum absolute atomic E-state index is 13.0. The summed E-state index contributed by atoms with van der Waals surface area (Å²) < 4.78 is 60.6. The van der Waals surface area contributed by atoms with Crippen LogP contribution in [0.15, 0.2) is 35.5 Å². The molecule has 2 aliphatic rings. The standard InChI is InChI=1S/C23H34N4O3S.C2HF3O2/c1-16(2)17-13-18(14-17)26-22-3-4-23(20-5-8-24-15-21(20)22)31(29,30)25-9-12-27-10-6-19(28)7-11-27;3-2(4,5)1(6)7/h3-5,8,15-19,25-26,28H,6-7,9-14H2,1-2H3;(H,6,7). The van der Waals surface area contributed by atoms with Crippen LogP contribution in [0.25, 0.3) is 10.8 Å². The van der Waals surface area contributed by atoms with Gasteiger partial charge in [-0.05, 0) is 55.7 Å². The molecule has 9 nitrogen and oxygen atoms in total. The van der Waals surface area contributed by atoms with Gasteiger partial charge in [0.25, 0.3) is 0 Å². The average Bonchev–Trinajstić information content (AvgIpc) is 2.81. The fraction of sp³-hybridized carbons (Fsp3) is 0.600. The number of hydrogen-bond donors (Lipinski definition) is 4. The van der Waals surface area contributed by atoms with Crippen molar-refractivity contribution in [2.45, 2.75) is 62.7 Å². The second-order valence-electron chi connectivity index (χ2n) is 10.1. The molecular formula is C25H35F3N4O5S. The van der Waals surface area contributed by atoms with E-state index in [4.69, 9.17) is 9.90 Å². The van der Waals surface area contributed by atoms with E-state index in [0.717, 1.165) is 55.8 Å². The Kier molecular flexibility index (Phi) is 9.96. The van der Waals surface area contributed by atoms with Crippen molar-refractivity contribution in [1.82, 2.24) is 14.6 Å². The van der Waals surface area contributed by atoms with Gasteiger partial charge in [-0.15, -0.1) is 0 Å². The Morgan fingerprint density at radius 2 is 1.79 bits per heavy atom. The number of carboxylic acids is 1. The zero-order valence-corrected chi connectivity index (χ0v) is 22.2. The summed E-state index contributed by atoms with van der Waals surface area (Å²) in [7, 11) is -3.64.